The topological polar surface area (TPSA) is 52.0 Å². The number of hydrogen-bond acceptors (Lipinski definition) is 2. The quantitative estimate of drug-likeness (QED) is 0.902. The molecule has 1 aromatic carbocycles. The normalized spacial score (nSPS) is 12.0. The molecule has 0 fully saturated rings. The summed E-state index contributed by atoms with van der Waals surface area (Å²) in [7, 11) is 0. The van der Waals surface area contributed by atoms with Gasteiger partial charge in [-0.25, -0.2) is 0 Å². The Hall–Kier alpha value is 0.200. The molecule has 1 rings (SSSR count). The fourth-order valence-corrected chi connectivity index (χ4v) is 1.95. The van der Waals surface area contributed by atoms with Crippen LogP contribution in [0.25, 0.3) is 0 Å². The third kappa shape index (κ3) is 3.75. The van der Waals surface area contributed by atoms with Gasteiger partial charge in [-0.15, -0.1) is 12.4 Å². The van der Waals surface area contributed by atoms with Crippen LogP contribution < -0.4 is 11.5 Å². The van der Waals surface area contributed by atoms with Crippen molar-refractivity contribution in [2.45, 2.75) is 12.5 Å². The van der Waals surface area contributed by atoms with Gasteiger partial charge in [-0.3, -0.25) is 0 Å². The summed E-state index contributed by atoms with van der Waals surface area (Å²) in [4.78, 5) is 0. The van der Waals surface area contributed by atoms with Gasteiger partial charge in [0.25, 0.3) is 0 Å². The molecule has 0 aromatic heterocycles. The molecule has 14 heavy (non-hydrogen) atoms. The lowest BCUT2D eigenvalue weighted by molar-refractivity contribution is 0.661. The van der Waals surface area contributed by atoms with Crippen LogP contribution in [0.5, 0.6) is 0 Å². The first-order valence-corrected chi connectivity index (χ1v) is 5.23. The highest BCUT2D eigenvalue weighted by atomic mass is 79.9. The summed E-state index contributed by atoms with van der Waals surface area (Å²) >= 11 is 9.34. The molecule has 0 aliphatic heterocycles. The molecule has 0 saturated carbocycles. The number of halogens is 3. The summed E-state index contributed by atoms with van der Waals surface area (Å²) in [5.41, 5.74) is 12.2. The number of benzene rings is 1. The molecule has 0 aliphatic carbocycles. The Morgan fingerprint density at radius 1 is 1.43 bits per heavy atom. The number of nitrogens with two attached hydrogens (primary N) is 2. The highest BCUT2D eigenvalue weighted by Crippen LogP contribution is 2.26. The van der Waals surface area contributed by atoms with Gasteiger partial charge in [-0.1, -0.05) is 33.6 Å². The third-order valence-electron chi connectivity index (χ3n) is 1.84. The van der Waals surface area contributed by atoms with E-state index in [0.29, 0.717) is 11.6 Å². The van der Waals surface area contributed by atoms with E-state index in [2.05, 4.69) is 15.9 Å². The Morgan fingerprint density at radius 3 is 2.57 bits per heavy atom. The fourth-order valence-electron chi connectivity index (χ4n) is 1.14. The minimum atomic E-state index is -0.0643. The minimum absolute atomic E-state index is 0. The zero-order chi connectivity index (χ0) is 9.84. The van der Waals surface area contributed by atoms with E-state index < -0.39 is 0 Å². The fraction of sp³-hybridized carbons (Fsp3) is 0.333. The van der Waals surface area contributed by atoms with E-state index in [1.807, 2.05) is 18.2 Å². The Morgan fingerprint density at radius 2 is 2.07 bits per heavy atom. The third-order valence-corrected chi connectivity index (χ3v) is 2.66. The molecule has 0 saturated heterocycles. The van der Waals surface area contributed by atoms with Crippen molar-refractivity contribution in [3.8, 4) is 0 Å². The van der Waals surface area contributed by atoms with Crippen molar-refractivity contribution in [1.82, 2.24) is 0 Å². The monoisotopic (exact) mass is 298 g/mol. The van der Waals surface area contributed by atoms with Crippen molar-refractivity contribution in [2.75, 3.05) is 6.54 Å². The summed E-state index contributed by atoms with van der Waals surface area (Å²) in [5, 5.41) is 0.690. The van der Waals surface area contributed by atoms with Crippen LogP contribution in [0.1, 0.15) is 18.0 Å². The average molecular weight is 300 g/mol. The highest BCUT2D eigenvalue weighted by molar-refractivity contribution is 9.10. The molecule has 0 heterocycles. The van der Waals surface area contributed by atoms with Gasteiger partial charge in [-0.05, 0) is 30.7 Å². The maximum atomic E-state index is 6.01. The van der Waals surface area contributed by atoms with E-state index >= 15 is 0 Å². The molecule has 0 amide bonds. The van der Waals surface area contributed by atoms with Crippen LogP contribution in [0, 0.1) is 0 Å². The zero-order valence-electron chi connectivity index (χ0n) is 7.54. The lowest BCUT2D eigenvalue weighted by Crippen LogP contribution is -2.15. The first kappa shape index (κ1) is 14.2. The summed E-state index contributed by atoms with van der Waals surface area (Å²) in [6, 6.07) is 5.63. The van der Waals surface area contributed by atoms with E-state index in [1.165, 1.54) is 0 Å². The molecule has 0 radical (unpaired) electrons. The second-order valence-electron chi connectivity index (χ2n) is 2.85. The van der Waals surface area contributed by atoms with Crippen molar-refractivity contribution < 1.29 is 0 Å². The van der Waals surface area contributed by atoms with Crippen LogP contribution in [0.2, 0.25) is 5.02 Å². The summed E-state index contributed by atoms with van der Waals surface area (Å²) in [6.07, 6.45) is 0.751. The Labute approximate surface area is 104 Å². The zero-order valence-corrected chi connectivity index (χ0v) is 10.7. The van der Waals surface area contributed by atoms with Gasteiger partial charge in [0.15, 0.2) is 0 Å². The lowest BCUT2D eigenvalue weighted by Gasteiger charge is -2.12. The van der Waals surface area contributed by atoms with Crippen molar-refractivity contribution in [1.29, 1.82) is 0 Å². The van der Waals surface area contributed by atoms with Gasteiger partial charge in [0.2, 0.25) is 0 Å². The molecule has 1 aromatic rings. The van der Waals surface area contributed by atoms with Crippen LogP contribution in [-0.2, 0) is 0 Å². The van der Waals surface area contributed by atoms with Crippen molar-refractivity contribution >= 4 is 39.9 Å². The second kappa shape index (κ2) is 6.64. The molecule has 0 aliphatic rings. The van der Waals surface area contributed by atoms with Gasteiger partial charge in [0, 0.05) is 15.5 Å². The van der Waals surface area contributed by atoms with Crippen molar-refractivity contribution in [2.24, 2.45) is 11.5 Å². The van der Waals surface area contributed by atoms with Gasteiger partial charge in [-0.2, -0.15) is 0 Å². The summed E-state index contributed by atoms with van der Waals surface area (Å²) in [5.74, 6) is 0. The molecule has 1 atom stereocenters. The molecule has 0 bridgehead atoms. The van der Waals surface area contributed by atoms with E-state index in [9.17, 15) is 0 Å². The standard InChI is InChI=1S/C9H12BrClN2.ClH/c10-6-1-2-7(8(11)5-6)9(13)3-4-12;/h1-2,5,9H,3-4,12-13H2;1H/t9-;/m0./s1. The van der Waals surface area contributed by atoms with Gasteiger partial charge in [0.1, 0.15) is 0 Å². The predicted octanol–water partition coefficient (Wildman–Crippen LogP) is 2.87. The Bertz CT molecular complexity index is 294. The minimum Gasteiger partial charge on any atom is -0.330 e. The largest absolute Gasteiger partial charge is 0.330 e. The molecule has 2 nitrogen and oxygen atoms in total. The van der Waals surface area contributed by atoms with Gasteiger partial charge in [0.05, 0.1) is 0 Å². The molecule has 5 heteroatoms. The highest BCUT2D eigenvalue weighted by Gasteiger charge is 2.08. The first-order valence-electron chi connectivity index (χ1n) is 4.05. The van der Waals surface area contributed by atoms with Crippen molar-refractivity contribution in [3.63, 3.8) is 0 Å². The first-order chi connectivity index (χ1) is 6.15. The summed E-state index contributed by atoms with van der Waals surface area (Å²) < 4.78 is 0.959. The van der Waals surface area contributed by atoms with E-state index in [4.69, 9.17) is 23.1 Å². The smallest absolute Gasteiger partial charge is 0.0464 e. The second-order valence-corrected chi connectivity index (χ2v) is 4.17. The number of rotatable bonds is 3. The maximum absolute atomic E-state index is 6.01. The van der Waals surface area contributed by atoms with Gasteiger partial charge < -0.3 is 11.5 Å². The Balaban J connectivity index is 0.00000169. The molecule has 80 valence electrons. The van der Waals surface area contributed by atoms with Crippen LogP contribution in [0.3, 0.4) is 0 Å². The molecule has 0 unspecified atom stereocenters. The Kier molecular flexibility index (Phi) is 6.74. The predicted molar refractivity (Wildman–Crippen MR) is 67.0 cm³/mol. The molecule has 0 spiro atoms. The van der Waals surface area contributed by atoms with Crippen molar-refractivity contribution in [3.05, 3.63) is 33.3 Å². The molecule has 4 N–H and O–H groups in total. The van der Waals surface area contributed by atoms with Crippen LogP contribution in [-0.4, -0.2) is 6.54 Å². The van der Waals surface area contributed by atoms with Crippen LogP contribution >= 0.6 is 39.9 Å². The van der Waals surface area contributed by atoms with Crippen LogP contribution in [0.4, 0.5) is 0 Å². The van der Waals surface area contributed by atoms with E-state index in [-0.39, 0.29) is 18.4 Å². The van der Waals surface area contributed by atoms with E-state index in [1.54, 1.807) is 0 Å². The summed E-state index contributed by atoms with van der Waals surface area (Å²) in [6.45, 7) is 0.577. The van der Waals surface area contributed by atoms with E-state index in [0.717, 1.165) is 16.5 Å². The maximum Gasteiger partial charge on any atom is 0.0464 e. The number of hydrogen-bond donors (Lipinski definition) is 2. The lowest BCUT2D eigenvalue weighted by atomic mass is 10.1. The van der Waals surface area contributed by atoms with Crippen LogP contribution in [0.15, 0.2) is 22.7 Å². The molecular weight excluding hydrogens is 287 g/mol. The van der Waals surface area contributed by atoms with Gasteiger partial charge >= 0.3 is 0 Å². The average Bonchev–Trinajstić information content (AvgIpc) is 2.04. The molecular formula is C9H13BrCl2N2. The SMILES string of the molecule is Cl.NCC[C@H](N)c1ccc(Br)cc1Cl.